The molecule has 1 aromatic rings. The van der Waals surface area contributed by atoms with Gasteiger partial charge in [0.25, 0.3) is 0 Å². The molecule has 76 valence electrons. The van der Waals surface area contributed by atoms with Crippen molar-refractivity contribution in [3.8, 4) is 0 Å². The molecule has 14 heavy (non-hydrogen) atoms. The molecule has 2 N–H and O–H groups in total. The van der Waals surface area contributed by atoms with Crippen LogP contribution in [0, 0.1) is 13.8 Å². The van der Waals surface area contributed by atoms with Gasteiger partial charge in [-0.25, -0.2) is 14.8 Å². The van der Waals surface area contributed by atoms with Crippen molar-refractivity contribution in [2.45, 2.75) is 20.8 Å². The largest absolute Gasteiger partial charge is 0.462 e. The third kappa shape index (κ3) is 1.99. The SMILES string of the molecule is CCOC(=O)c1c(C)nc(N)nc1C. The van der Waals surface area contributed by atoms with Crippen LogP contribution in [0.4, 0.5) is 5.95 Å². The minimum Gasteiger partial charge on any atom is -0.462 e. The van der Waals surface area contributed by atoms with Gasteiger partial charge in [0.15, 0.2) is 0 Å². The second-order valence-corrected chi connectivity index (χ2v) is 2.85. The van der Waals surface area contributed by atoms with Crippen LogP contribution in [0.15, 0.2) is 0 Å². The first-order chi connectivity index (χ1) is 6.56. The van der Waals surface area contributed by atoms with Gasteiger partial charge in [-0.1, -0.05) is 0 Å². The molecule has 5 nitrogen and oxygen atoms in total. The Morgan fingerprint density at radius 3 is 2.29 bits per heavy atom. The highest BCUT2D eigenvalue weighted by Gasteiger charge is 2.15. The fourth-order valence-electron chi connectivity index (χ4n) is 1.24. The van der Waals surface area contributed by atoms with Crippen LogP contribution in [0.1, 0.15) is 28.7 Å². The molecule has 1 aromatic heterocycles. The van der Waals surface area contributed by atoms with Gasteiger partial charge < -0.3 is 10.5 Å². The van der Waals surface area contributed by atoms with Gasteiger partial charge in [0, 0.05) is 0 Å². The number of esters is 1. The molecule has 1 rings (SSSR count). The average Bonchev–Trinajstić information content (AvgIpc) is 2.01. The Balaban J connectivity index is 3.14. The standard InChI is InChI=1S/C9H13N3O2/c1-4-14-8(13)7-5(2)11-9(10)12-6(7)3/h4H2,1-3H3,(H2,10,11,12). The highest BCUT2D eigenvalue weighted by atomic mass is 16.5. The summed E-state index contributed by atoms with van der Waals surface area (Å²) in [7, 11) is 0. The Morgan fingerprint density at radius 1 is 1.36 bits per heavy atom. The number of hydrogen-bond acceptors (Lipinski definition) is 5. The zero-order valence-electron chi connectivity index (χ0n) is 8.50. The third-order valence-electron chi connectivity index (χ3n) is 1.77. The number of ether oxygens (including phenoxy) is 1. The molecule has 0 aliphatic rings. The van der Waals surface area contributed by atoms with E-state index < -0.39 is 5.97 Å². The maximum atomic E-state index is 11.5. The number of nitrogens with two attached hydrogens (primary N) is 1. The summed E-state index contributed by atoms with van der Waals surface area (Å²) in [6.45, 7) is 5.50. The summed E-state index contributed by atoms with van der Waals surface area (Å²) in [4.78, 5) is 19.3. The molecule has 0 unspecified atom stereocenters. The molecule has 0 radical (unpaired) electrons. The minimum absolute atomic E-state index is 0.174. The lowest BCUT2D eigenvalue weighted by molar-refractivity contribution is 0.0523. The number of carbonyl (C=O) groups excluding carboxylic acids is 1. The molecule has 0 atom stereocenters. The van der Waals surface area contributed by atoms with Gasteiger partial charge in [0.1, 0.15) is 5.56 Å². The second-order valence-electron chi connectivity index (χ2n) is 2.85. The number of carbonyl (C=O) groups is 1. The predicted molar refractivity (Wildman–Crippen MR) is 51.9 cm³/mol. The zero-order chi connectivity index (χ0) is 10.7. The van der Waals surface area contributed by atoms with Crippen LogP contribution in [0.3, 0.4) is 0 Å². The van der Waals surface area contributed by atoms with E-state index in [1.165, 1.54) is 0 Å². The highest BCUT2D eigenvalue weighted by molar-refractivity contribution is 5.91. The summed E-state index contributed by atoms with van der Waals surface area (Å²) in [6, 6.07) is 0. The van der Waals surface area contributed by atoms with Crippen LogP contribution in [0.25, 0.3) is 0 Å². The van der Waals surface area contributed by atoms with Crippen LogP contribution in [0.5, 0.6) is 0 Å². The quantitative estimate of drug-likeness (QED) is 0.708. The van der Waals surface area contributed by atoms with E-state index in [1.54, 1.807) is 20.8 Å². The van der Waals surface area contributed by atoms with Crippen molar-refractivity contribution in [3.05, 3.63) is 17.0 Å². The molecule has 0 fully saturated rings. The number of nitrogens with zero attached hydrogens (tertiary/aromatic N) is 2. The van der Waals surface area contributed by atoms with Crippen molar-refractivity contribution < 1.29 is 9.53 Å². The van der Waals surface area contributed by atoms with E-state index in [9.17, 15) is 4.79 Å². The van der Waals surface area contributed by atoms with Crippen molar-refractivity contribution in [1.82, 2.24) is 9.97 Å². The molecule has 0 aliphatic carbocycles. The van der Waals surface area contributed by atoms with Gasteiger partial charge in [0.2, 0.25) is 5.95 Å². The van der Waals surface area contributed by atoms with Crippen molar-refractivity contribution in [1.29, 1.82) is 0 Å². The molecule has 5 heteroatoms. The molecule has 0 bridgehead atoms. The summed E-state index contributed by atoms with van der Waals surface area (Å²) < 4.78 is 4.87. The molecule has 0 saturated carbocycles. The molecule has 0 aromatic carbocycles. The second kappa shape index (κ2) is 4.04. The molecule has 0 amide bonds. The lowest BCUT2D eigenvalue weighted by Gasteiger charge is -2.07. The van der Waals surface area contributed by atoms with E-state index in [0.29, 0.717) is 23.6 Å². The Morgan fingerprint density at radius 2 is 1.86 bits per heavy atom. The summed E-state index contributed by atoms with van der Waals surface area (Å²) in [5.41, 5.74) is 6.93. The molecule has 0 saturated heterocycles. The number of aromatic nitrogens is 2. The normalized spacial score (nSPS) is 9.93. The zero-order valence-corrected chi connectivity index (χ0v) is 8.50. The monoisotopic (exact) mass is 195 g/mol. The van der Waals surface area contributed by atoms with Crippen LogP contribution in [-0.4, -0.2) is 22.5 Å². The Bertz CT molecular complexity index is 340. The maximum absolute atomic E-state index is 11.5. The van der Waals surface area contributed by atoms with E-state index in [1.807, 2.05) is 0 Å². The van der Waals surface area contributed by atoms with Crippen molar-refractivity contribution >= 4 is 11.9 Å². The van der Waals surface area contributed by atoms with E-state index >= 15 is 0 Å². The predicted octanol–water partition coefficient (Wildman–Crippen LogP) is 0.852. The Hall–Kier alpha value is -1.65. The number of hydrogen-bond donors (Lipinski definition) is 1. The van der Waals surface area contributed by atoms with Gasteiger partial charge >= 0.3 is 5.97 Å². The molecule has 0 spiro atoms. The van der Waals surface area contributed by atoms with E-state index in [0.717, 1.165) is 0 Å². The maximum Gasteiger partial charge on any atom is 0.341 e. The molecular formula is C9H13N3O2. The summed E-state index contributed by atoms with van der Waals surface area (Å²) in [6.07, 6.45) is 0. The van der Waals surface area contributed by atoms with Crippen LogP contribution in [-0.2, 0) is 4.74 Å². The number of aryl methyl sites for hydroxylation is 2. The summed E-state index contributed by atoms with van der Waals surface area (Å²) >= 11 is 0. The first-order valence-corrected chi connectivity index (χ1v) is 4.34. The van der Waals surface area contributed by atoms with Crippen LogP contribution in [0.2, 0.25) is 0 Å². The van der Waals surface area contributed by atoms with Crippen molar-refractivity contribution in [2.75, 3.05) is 12.3 Å². The average molecular weight is 195 g/mol. The van der Waals surface area contributed by atoms with Gasteiger partial charge in [-0.2, -0.15) is 0 Å². The lowest BCUT2D eigenvalue weighted by atomic mass is 10.2. The Labute approximate surface area is 82.3 Å². The van der Waals surface area contributed by atoms with Crippen molar-refractivity contribution in [2.24, 2.45) is 0 Å². The van der Waals surface area contributed by atoms with Crippen molar-refractivity contribution in [3.63, 3.8) is 0 Å². The van der Waals surface area contributed by atoms with Gasteiger partial charge in [-0.3, -0.25) is 0 Å². The smallest absolute Gasteiger partial charge is 0.341 e. The number of rotatable bonds is 2. The van der Waals surface area contributed by atoms with E-state index in [2.05, 4.69) is 9.97 Å². The highest BCUT2D eigenvalue weighted by Crippen LogP contribution is 2.12. The molecular weight excluding hydrogens is 182 g/mol. The number of anilines is 1. The van der Waals surface area contributed by atoms with Gasteiger partial charge in [-0.15, -0.1) is 0 Å². The van der Waals surface area contributed by atoms with Gasteiger partial charge in [0.05, 0.1) is 18.0 Å². The molecule has 1 heterocycles. The lowest BCUT2D eigenvalue weighted by Crippen LogP contribution is -2.13. The van der Waals surface area contributed by atoms with Crippen LogP contribution >= 0.6 is 0 Å². The van der Waals surface area contributed by atoms with Gasteiger partial charge in [-0.05, 0) is 20.8 Å². The minimum atomic E-state index is -0.400. The fourth-order valence-corrected chi connectivity index (χ4v) is 1.24. The van der Waals surface area contributed by atoms with E-state index in [4.69, 9.17) is 10.5 Å². The fraction of sp³-hybridized carbons (Fsp3) is 0.444. The topological polar surface area (TPSA) is 78.1 Å². The first-order valence-electron chi connectivity index (χ1n) is 4.34. The summed E-state index contributed by atoms with van der Waals surface area (Å²) in [5, 5.41) is 0. The summed E-state index contributed by atoms with van der Waals surface area (Å²) in [5.74, 6) is -0.226. The molecule has 0 aliphatic heterocycles. The van der Waals surface area contributed by atoms with Crippen LogP contribution < -0.4 is 5.73 Å². The Kier molecular flexibility index (Phi) is 3.01. The van der Waals surface area contributed by atoms with E-state index in [-0.39, 0.29) is 5.95 Å². The third-order valence-corrected chi connectivity index (χ3v) is 1.77. The number of nitrogen functional groups attached to an aromatic ring is 1. The first kappa shape index (κ1) is 10.4.